The maximum atomic E-state index is 5.45. The topological polar surface area (TPSA) is 12.5 Å². The van der Waals surface area contributed by atoms with Crippen LogP contribution < -0.4 is 0 Å². The van der Waals surface area contributed by atoms with Crippen LogP contribution in [0.5, 0.6) is 0 Å². The number of ether oxygens (including phenoxy) is 1. The molecule has 0 bridgehead atoms. The molecule has 0 aromatic carbocycles. The number of rotatable bonds is 3. The standard InChI is InChI=1S/C15H27NO/c1-12(2)15-5-6-16(11-14(15)9-15)10-13-3-7-17-8-4-13/h12-14H,3-11H2,1-2H3. The fraction of sp³-hybridized carbons (Fsp3) is 1.00. The summed E-state index contributed by atoms with van der Waals surface area (Å²) in [5.41, 5.74) is 0.756. The number of hydrogen-bond acceptors (Lipinski definition) is 2. The first-order valence-corrected chi connectivity index (χ1v) is 7.51. The lowest BCUT2D eigenvalue weighted by molar-refractivity contribution is 0.0439. The van der Waals surface area contributed by atoms with E-state index in [-0.39, 0.29) is 0 Å². The summed E-state index contributed by atoms with van der Waals surface area (Å²) < 4.78 is 5.45. The van der Waals surface area contributed by atoms with Crippen LogP contribution in [0.1, 0.15) is 39.5 Å². The summed E-state index contributed by atoms with van der Waals surface area (Å²) in [6.45, 7) is 10.9. The van der Waals surface area contributed by atoms with Crippen molar-refractivity contribution in [2.45, 2.75) is 39.5 Å². The molecule has 0 N–H and O–H groups in total. The Balaban J connectivity index is 1.48. The third kappa shape index (κ3) is 2.26. The average molecular weight is 237 g/mol. The van der Waals surface area contributed by atoms with E-state index in [0.717, 1.165) is 36.4 Å². The van der Waals surface area contributed by atoms with Gasteiger partial charge in [0.15, 0.2) is 0 Å². The molecule has 3 aliphatic rings. The Kier molecular flexibility index (Phi) is 3.20. The van der Waals surface area contributed by atoms with Gasteiger partial charge in [0.05, 0.1) is 0 Å². The molecular weight excluding hydrogens is 210 g/mol. The number of fused-ring (bicyclic) bond motifs is 1. The molecule has 1 saturated carbocycles. The number of hydrogen-bond donors (Lipinski definition) is 0. The van der Waals surface area contributed by atoms with Crippen LogP contribution in [0.15, 0.2) is 0 Å². The van der Waals surface area contributed by atoms with E-state index in [0.29, 0.717) is 0 Å². The second kappa shape index (κ2) is 4.55. The summed E-state index contributed by atoms with van der Waals surface area (Å²) >= 11 is 0. The highest BCUT2D eigenvalue weighted by atomic mass is 16.5. The Morgan fingerprint density at radius 1 is 1.29 bits per heavy atom. The van der Waals surface area contributed by atoms with Crippen molar-refractivity contribution in [2.75, 3.05) is 32.8 Å². The van der Waals surface area contributed by atoms with Crippen molar-refractivity contribution in [2.24, 2.45) is 23.2 Å². The Labute approximate surface area is 106 Å². The van der Waals surface area contributed by atoms with Gasteiger partial charge in [-0.2, -0.15) is 0 Å². The van der Waals surface area contributed by atoms with Gasteiger partial charge in [0.2, 0.25) is 0 Å². The number of likely N-dealkylation sites (tertiary alicyclic amines) is 1. The Bertz CT molecular complexity index is 272. The van der Waals surface area contributed by atoms with Crippen LogP contribution in [-0.4, -0.2) is 37.7 Å². The average Bonchev–Trinajstić information content (AvgIpc) is 3.05. The highest BCUT2D eigenvalue weighted by Gasteiger charge is 2.57. The van der Waals surface area contributed by atoms with Gasteiger partial charge in [-0.1, -0.05) is 13.8 Å². The molecule has 2 saturated heterocycles. The number of piperidine rings is 1. The van der Waals surface area contributed by atoms with Gasteiger partial charge in [-0.15, -0.1) is 0 Å². The third-order valence-electron chi connectivity index (χ3n) is 5.66. The van der Waals surface area contributed by atoms with Gasteiger partial charge in [0.25, 0.3) is 0 Å². The van der Waals surface area contributed by atoms with E-state index in [1.165, 1.54) is 45.3 Å². The van der Waals surface area contributed by atoms with E-state index < -0.39 is 0 Å². The zero-order valence-electron chi connectivity index (χ0n) is 11.5. The molecule has 17 heavy (non-hydrogen) atoms. The zero-order chi connectivity index (χ0) is 11.9. The van der Waals surface area contributed by atoms with Crippen LogP contribution in [0.3, 0.4) is 0 Å². The summed E-state index contributed by atoms with van der Waals surface area (Å²) in [7, 11) is 0. The molecule has 0 spiro atoms. The largest absolute Gasteiger partial charge is 0.381 e. The van der Waals surface area contributed by atoms with Crippen LogP contribution in [0.25, 0.3) is 0 Å². The molecule has 3 rings (SSSR count). The third-order valence-corrected chi connectivity index (χ3v) is 5.66. The zero-order valence-corrected chi connectivity index (χ0v) is 11.5. The molecule has 2 heteroatoms. The lowest BCUT2D eigenvalue weighted by atomic mass is 9.84. The van der Waals surface area contributed by atoms with Gasteiger partial charge < -0.3 is 9.64 Å². The quantitative estimate of drug-likeness (QED) is 0.748. The van der Waals surface area contributed by atoms with E-state index in [1.807, 2.05) is 0 Å². The summed E-state index contributed by atoms with van der Waals surface area (Å²) in [6.07, 6.45) is 5.54. The molecule has 2 aliphatic heterocycles. The molecule has 2 unspecified atom stereocenters. The molecule has 2 nitrogen and oxygen atoms in total. The molecule has 0 aromatic rings. The van der Waals surface area contributed by atoms with Crippen LogP contribution >= 0.6 is 0 Å². The van der Waals surface area contributed by atoms with Crippen molar-refractivity contribution >= 4 is 0 Å². The first-order chi connectivity index (χ1) is 8.21. The van der Waals surface area contributed by atoms with Crippen LogP contribution in [0, 0.1) is 23.2 Å². The van der Waals surface area contributed by atoms with Gasteiger partial charge in [0, 0.05) is 26.3 Å². The van der Waals surface area contributed by atoms with Gasteiger partial charge in [-0.05, 0) is 55.4 Å². The van der Waals surface area contributed by atoms with Crippen LogP contribution in [0.2, 0.25) is 0 Å². The van der Waals surface area contributed by atoms with E-state index in [4.69, 9.17) is 4.74 Å². The predicted octanol–water partition coefficient (Wildman–Crippen LogP) is 2.78. The first-order valence-electron chi connectivity index (χ1n) is 7.51. The van der Waals surface area contributed by atoms with Crippen molar-refractivity contribution < 1.29 is 4.74 Å². The number of nitrogens with zero attached hydrogens (tertiary/aromatic N) is 1. The second-order valence-electron chi connectivity index (χ2n) is 6.85. The highest BCUT2D eigenvalue weighted by molar-refractivity contribution is 5.08. The predicted molar refractivity (Wildman–Crippen MR) is 70.0 cm³/mol. The fourth-order valence-corrected chi connectivity index (χ4v) is 4.18. The normalized spacial score (nSPS) is 39.4. The van der Waals surface area contributed by atoms with Crippen molar-refractivity contribution in [3.05, 3.63) is 0 Å². The smallest absolute Gasteiger partial charge is 0.0469 e. The minimum atomic E-state index is 0.756. The van der Waals surface area contributed by atoms with Gasteiger partial charge in [0.1, 0.15) is 0 Å². The maximum Gasteiger partial charge on any atom is 0.0469 e. The lowest BCUT2D eigenvalue weighted by Gasteiger charge is -2.36. The van der Waals surface area contributed by atoms with Crippen molar-refractivity contribution in [1.82, 2.24) is 4.90 Å². The minimum absolute atomic E-state index is 0.756. The van der Waals surface area contributed by atoms with Crippen LogP contribution in [0.4, 0.5) is 0 Å². The first kappa shape index (κ1) is 12.0. The Morgan fingerprint density at radius 3 is 2.71 bits per heavy atom. The summed E-state index contributed by atoms with van der Waals surface area (Å²) in [4.78, 5) is 2.74. The molecule has 0 aromatic heterocycles. The van der Waals surface area contributed by atoms with E-state index >= 15 is 0 Å². The highest BCUT2D eigenvalue weighted by Crippen LogP contribution is 2.62. The van der Waals surface area contributed by atoms with E-state index in [2.05, 4.69) is 18.7 Å². The molecule has 3 fully saturated rings. The van der Waals surface area contributed by atoms with Crippen molar-refractivity contribution in [3.8, 4) is 0 Å². The summed E-state index contributed by atoms with van der Waals surface area (Å²) in [6, 6.07) is 0. The Morgan fingerprint density at radius 2 is 2.06 bits per heavy atom. The summed E-state index contributed by atoms with van der Waals surface area (Å²) in [5.74, 6) is 2.84. The van der Waals surface area contributed by atoms with Gasteiger partial charge in [-0.3, -0.25) is 0 Å². The lowest BCUT2D eigenvalue weighted by Crippen LogP contribution is -2.40. The maximum absolute atomic E-state index is 5.45. The van der Waals surface area contributed by atoms with Gasteiger partial charge >= 0.3 is 0 Å². The van der Waals surface area contributed by atoms with E-state index in [9.17, 15) is 0 Å². The minimum Gasteiger partial charge on any atom is -0.381 e. The SMILES string of the molecule is CC(C)C12CCN(CC3CCOCC3)CC1C2. The Hall–Kier alpha value is -0.0800. The molecule has 1 aliphatic carbocycles. The molecule has 0 radical (unpaired) electrons. The van der Waals surface area contributed by atoms with Crippen molar-refractivity contribution in [3.63, 3.8) is 0 Å². The molecule has 0 amide bonds. The van der Waals surface area contributed by atoms with Gasteiger partial charge in [-0.25, -0.2) is 0 Å². The monoisotopic (exact) mass is 237 g/mol. The van der Waals surface area contributed by atoms with E-state index in [1.54, 1.807) is 0 Å². The molecule has 98 valence electrons. The molecule has 2 heterocycles. The summed E-state index contributed by atoms with van der Waals surface area (Å²) in [5, 5.41) is 0. The second-order valence-corrected chi connectivity index (χ2v) is 6.85. The molecular formula is C15H27NO. The van der Waals surface area contributed by atoms with Crippen LogP contribution in [-0.2, 0) is 4.74 Å². The molecule has 2 atom stereocenters. The van der Waals surface area contributed by atoms with Crippen molar-refractivity contribution in [1.29, 1.82) is 0 Å². The fourth-order valence-electron chi connectivity index (χ4n) is 4.18.